The number of hydrogen-bond acceptors (Lipinski definition) is 3. The Morgan fingerprint density at radius 1 is 1.24 bits per heavy atom. The second-order valence-corrected chi connectivity index (χ2v) is 6.46. The first-order valence-electron chi connectivity index (χ1n) is 8.16. The van der Waals surface area contributed by atoms with E-state index in [0.717, 1.165) is 5.92 Å². The van der Waals surface area contributed by atoms with E-state index >= 15 is 0 Å². The van der Waals surface area contributed by atoms with Crippen LogP contribution in [-0.2, 0) is 11.3 Å². The van der Waals surface area contributed by atoms with Crippen molar-refractivity contribution < 1.29 is 4.74 Å². The van der Waals surface area contributed by atoms with E-state index in [0.29, 0.717) is 19.2 Å². The lowest BCUT2D eigenvalue weighted by Gasteiger charge is -2.39. The van der Waals surface area contributed by atoms with Gasteiger partial charge in [0.05, 0.1) is 6.61 Å². The number of nitrogens with zero attached hydrogens (tertiary/aromatic N) is 1. The fourth-order valence-electron chi connectivity index (χ4n) is 3.56. The van der Waals surface area contributed by atoms with Crippen molar-refractivity contribution in [3.8, 4) is 0 Å². The molecule has 0 heterocycles. The van der Waals surface area contributed by atoms with Gasteiger partial charge in [0.1, 0.15) is 0 Å². The maximum absolute atomic E-state index is 6.12. The molecule has 1 atom stereocenters. The van der Waals surface area contributed by atoms with Gasteiger partial charge >= 0.3 is 0 Å². The predicted molar refractivity (Wildman–Crippen MR) is 88.1 cm³/mol. The minimum atomic E-state index is 0.287. The van der Waals surface area contributed by atoms with Gasteiger partial charge in [0.25, 0.3) is 0 Å². The molecular weight excluding hydrogens is 260 g/mol. The number of likely N-dealkylation sites (N-methyl/N-ethyl adjacent to an activating group) is 1. The van der Waals surface area contributed by atoms with Gasteiger partial charge in [0.15, 0.2) is 0 Å². The molecule has 21 heavy (non-hydrogen) atoms. The molecule has 3 heteroatoms. The third-order valence-corrected chi connectivity index (χ3v) is 4.99. The predicted octanol–water partition coefficient (Wildman–Crippen LogP) is 3.34. The Hall–Kier alpha value is -0.900. The summed E-state index contributed by atoms with van der Waals surface area (Å²) in [6.07, 6.45) is 5.26. The topological polar surface area (TPSA) is 38.5 Å². The van der Waals surface area contributed by atoms with Gasteiger partial charge in [-0.15, -0.1) is 0 Å². The average molecular weight is 290 g/mol. The largest absolute Gasteiger partial charge is 0.380 e. The Morgan fingerprint density at radius 2 is 1.90 bits per heavy atom. The second kappa shape index (κ2) is 7.92. The normalized spacial score (nSPS) is 24.2. The Labute approximate surface area is 129 Å². The molecule has 1 fully saturated rings. The Kier molecular flexibility index (Phi) is 6.22. The van der Waals surface area contributed by atoms with E-state index in [2.05, 4.69) is 43.1 Å². The van der Waals surface area contributed by atoms with Crippen molar-refractivity contribution in [3.05, 3.63) is 35.4 Å². The highest BCUT2D eigenvalue weighted by atomic mass is 16.5. The van der Waals surface area contributed by atoms with Crippen LogP contribution in [0.15, 0.2) is 24.3 Å². The van der Waals surface area contributed by atoms with Gasteiger partial charge in [-0.05, 0) is 49.8 Å². The molecule has 0 saturated heterocycles. The zero-order chi connectivity index (χ0) is 15.2. The third kappa shape index (κ3) is 4.06. The molecule has 1 aliphatic carbocycles. The smallest absolute Gasteiger partial charge is 0.0716 e. The lowest BCUT2D eigenvalue weighted by atomic mass is 9.85. The molecule has 3 nitrogen and oxygen atoms in total. The van der Waals surface area contributed by atoms with Crippen LogP contribution in [0.4, 0.5) is 0 Å². The van der Waals surface area contributed by atoms with E-state index in [4.69, 9.17) is 10.5 Å². The fourth-order valence-corrected chi connectivity index (χ4v) is 3.56. The third-order valence-electron chi connectivity index (χ3n) is 4.99. The fraction of sp³-hybridized carbons (Fsp3) is 0.667. The summed E-state index contributed by atoms with van der Waals surface area (Å²) in [4.78, 5) is 2.50. The second-order valence-electron chi connectivity index (χ2n) is 6.46. The van der Waals surface area contributed by atoms with Crippen LogP contribution >= 0.6 is 0 Å². The van der Waals surface area contributed by atoms with Gasteiger partial charge in [-0.2, -0.15) is 0 Å². The first-order chi connectivity index (χ1) is 10.2. The molecule has 0 spiro atoms. The van der Waals surface area contributed by atoms with E-state index in [-0.39, 0.29) is 6.04 Å². The molecule has 118 valence electrons. The van der Waals surface area contributed by atoms with Gasteiger partial charge in [-0.3, -0.25) is 4.90 Å². The first kappa shape index (κ1) is 16.5. The van der Waals surface area contributed by atoms with Crippen molar-refractivity contribution >= 4 is 0 Å². The summed E-state index contributed by atoms with van der Waals surface area (Å²) in [6, 6.07) is 9.48. The van der Waals surface area contributed by atoms with Crippen LogP contribution in [0.1, 0.15) is 49.8 Å². The summed E-state index contributed by atoms with van der Waals surface area (Å²) in [6.45, 7) is 3.68. The standard InChI is InChI=1S/C18H30N2O/c1-14-8-10-16(11-9-14)20(2)18(12-19)17-7-5-4-6-15(17)13-21-3/h4-7,14,16,18H,8-13,19H2,1-3H3. The van der Waals surface area contributed by atoms with Gasteiger partial charge < -0.3 is 10.5 Å². The van der Waals surface area contributed by atoms with Crippen LogP contribution in [-0.4, -0.2) is 31.6 Å². The van der Waals surface area contributed by atoms with Crippen LogP contribution in [0.2, 0.25) is 0 Å². The zero-order valence-electron chi connectivity index (χ0n) is 13.7. The van der Waals surface area contributed by atoms with Crippen LogP contribution < -0.4 is 5.73 Å². The quantitative estimate of drug-likeness (QED) is 0.873. The molecule has 1 unspecified atom stereocenters. The van der Waals surface area contributed by atoms with Gasteiger partial charge in [-0.1, -0.05) is 31.2 Å². The first-order valence-corrected chi connectivity index (χ1v) is 8.16. The maximum Gasteiger partial charge on any atom is 0.0716 e. The molecule has 1 aromatic rings. The van der Waals surface area contributed by atoms with Gasteiger partial charge in [-0.25, -0.2) is 0 Å². The van der Waals surface area contributed by atoms with E-state index < -0.39 is 0 Å². The molecule has 0 aliphatic heterocycles. The monoisotopic (exact) mass is 290 g/mol. The van der Waals surface area contributed by atoms with Crippen molar-refractivity contribution in [1.29, 1.82) is 0 Å². The van der Waals surface area contributed by atoms with Gasteiger partial charge in [0, 0.05) is 25.7 Å². The molecule has 0 radical (unpaired) electrons. The molecule has 1 saturated carbocycles. The highest BCUT2D eigenvalue weighted by Gasteiger charge is 2.27. The average Bonchev–Trinajstić information content (AvgIpc) is 2.50. The zero-order valence-corrected chi connectivity index (χ0v) is 13.7. The summed E-state index contributed by atoms with van der Waals surface area (Å²) >= 11 is 0. The summed E-state index contributed by atoms with van der Waals surface area (Å²) in [7, 11) is 3.99. The Balaban J connectivity index is 2.15. The molecule has 0 aromatic heterocycles. The van der Waals surface area contributed by atoms with Crippen molar-refractivity contribution in [2.45, 2.75) is 51.3 Å². The summed E-state index contributed by atoms with van der Waals surface area (Å²) in [5.41, 5.74) is 8.70. The van der Waals surface area contributed by atoms with E-state index in [1.54, 1.807) is 7.11 Å². The summed E-state index contributed by atoms with van der Waals surface area (Å²) in [5, 5.41) is 0. The molecular formula is C18H30N2O. The highest BCUT2D eigenvalue weighted by molar-refractivity contribution is 5.30. The van der Waals surface area contributed by atoms with Crippen molar-refractivity contribution in [2.24, 2.45) is 11.7 Å². The van der Waals surface area contributed by atoms with Crippen LogP contribution in [0.5, 0.6) is 0 Å². The number of ether oxygens (including phenoxy) is 1. The minimum Gasteiger partial charge on any atom is -0.380 e. The molecule has 0 bridgehead atoms. The number of nitrogens with two attached hydrogens (primary N) is 1. The Morgan fingerprint density at radius 3 is 2.52 bits per heavy atom. The van der Waals surface area contributed by atoms with Crippen molar-refractivity contribution in [2.75, 3.05) is 20.7 Å². The molecule has 0 amide bonds. The Bertz CT molecular complexity index is 427. The number of benzene rings is 1. The lowest BCUT2D eigenvalue weighted by Crippen LogP contribution is -2.40. The molecule has 2 rings (SSSR count). The molecule has 1 aliphatic rings. The van der Waals surface area contributed by atoms with Crippen LogP contribution in [0, 0.1) is 5.92 Å². The van der Waals surface area contributed by atoms with Gasteiger partial charge in [0.2, 0.25) is 0 Å². The lowest BCUT2D eigenvalue weighted by molar-refractivity contribution is 0.123. The van der Waals surface area contributed by atoms with Crippen LogP contribution in [0.3, 0.4) is 0 Å². The highest BCUT2D eigenvalue weighted by Crippen LogP contribution is 2.32. The van der Waals surface area contributed by atoms with E-state index in [1.165, 1.54) is 36.8 Å². The summed E-state index contributed by atoms with van der Waals surface area (Å²) in [5.74, 6) is 0.881. The number of methoxy groups -OCH3 is 1. The van der Waals surface area contributed by atoms with E-state index in [9.17, 15) is 0 Å². The number of rotatable bonds is 6. The van der Waals surface area contributed by atoms with E-state index in [1.807, 2.05) is 0 Å². The summed E-state index contributed by atoms with van der Waals surface area (Å²) < 4.78 is 5.34. The maximum atomic E-state index is 6.12. The number of hydrogen-bond donors (Lipinski definition) is 1. The molecule has 2 N–H and O–H groups in total. The SMILES string of the molecule is COCc1ccccc1C(CN)N(C)C1CCC(C)CC1. The van der Waals surface area contributed by atoms with Crippen molar-refractivity contribution in [3.63, 3.8) is 0 Å². The van der Waals surface area contributed by atoms with Crippen LogP contribution in [0.25, 0.3) is 0 Å². The minimum absolute atomic E-state index is 0.287. The molecule has 1 aromatic carbocycles. The van der Waals surface area contributed by atoms with Crippen molar-refractivity contribution in [1.82, 2.24) is 4.90 Å².